The number of fused-ring (bicyclic) bond motifs is 6. The first-order chi connectivity index (χ1) is 74.3. The van der Waals surface area contributed by atoms with Crippen molar-refractivity contribution in [3.8, 4) is 202 Å². The molecular formula is C139H91N11. The Hall–Kier alpha value is -20.3. The smallest absolute Gasteiger partial charge is 0.164 e. The highest BCUT2D eigenvalue weighted by atomic mass is 15.0. The molecule has 6 aromatic heterocycles. The largest absolute Gasteiger partial charge is 0.256 e. The van der Waals surface area contributed by atoms with E-state index < -0.39 is 0 Å². The van der Waals surface area contributed by atoms with Crippen LogP contribution in [0.5, 0.6) is 0 Å². The van der Waals surface area contributed by atoms with Gasteiger partial charge in [0.1, 0.15) is 0 Å². The monoisotopic (exact) mass is 1910 g/mol. The second-order valence-electron chi connectivity index (χ2n) is 37.1. The van der Waals surface area contributed by atoms with Crippen LogP contribution in [0.1, 0.15) is 0 Å². The molecule has 21 aromatic carbocycles. The van der Waals surface area contributed by atoms with Gasteiger partial charge >= 0.3 is 0 Å². The molecule has 150 heavy (non-hydrogen) atoms. The number of aromatic nitrogens is 11. The average Bonchev–Trinajstić information content (AvgIpc) is 0.767. The van der Waals surface area contributed by atoms with Crippen molar-refractivity contribution in [3.05, 3.63) is 552 Å². The van der Waals surface area contributed by atoms with Crippen LogP contribution in [0.25, 0.3) is 267 Å². The maximum atomic E-state index is 5.03. The molecule has 0 radical (unpaired) electrons. The molecule has 0 aliphatic carbocycles. The summed E-state index contributed by atoms with van der Waals surface area (Å²) < 4.78 is 0. The van der Waals surface area contributed by atoms with Crippen molar-refractivity contribution >= 4 is 65.0 Å². The maximum Gasteiger partial charge on any atom is 0.164 e. The maximum absolute atomic E-state index is 5.03. The fourth-order valence-electron chi connectivity index (χ4n) is 20.0. The number of hydrogen-bond donors (Lipinski definition) is 0. The van der Waals surface area contributed by atoms with Gasteiger partial charge in [-0.1, -0.05) is 467 Å². The van der Waals surface area contributed by atoms with E-state index in [1.165, 1.54) is 71.3 Å². The molecule has 0 unspecified atom stereocenters. The highest BCUT2D eigenvalue weighted by molar-refractivity contribution is 6.05. The van der Waals surface area contributed by atoms with Gasteiger partial charge in [0.2, 0.25) is 0 Å². The molecule has 11 nitrogen and oxygen atoms in total. The molecule has 702 valence electrons. The SMILES string of the molecule is c1ccc(-c2cc(-c3ccc(-c4cc(-c5ccc(-c6cccc7cccnc67)cc5)c5ccccc5c4)cc3)nc(-c3ccccc3)n2)cc1.c1ccc(-c2nc(-c3ccccc3)nc(-c3ccc(-c4cc(-c5ccc(-c6cccc7cccnc67)cc5)c5ccccc5c4)cc3)n2)cc1.c1ccc(-c2nc(-c3ccccc3)nc(-c3ccc(-c4cc(-c5ccc(-c6cnc7ccccc7c6)cc5)c5ccccc5c4)cc3)n2)cc1. The lowest BCUT2D eigenvalue weighted by Crippen LogP contribution is -2.00. The van der Waals surface area contributed by atoms with Crippen LogP contribution in [0.3, 0.4) is 0 Å². The van der Waals surface area contributed by atoms with Crippen molar-refractivity contribution in [1.82, 2.24) is 54.8 Å². The Balaban J connectivity index is 0.000000116. The van der Waals surface area contributed by atoms with Gasteiger partial charge in [-0.25, -0.2) is 39.9 Å². The minimum absolute atomic E-state index is 0.643. The van der Waals surface area contributed by atoms with Crippen LogP contribution < -0.4 is 0 Å². The van der Waals surface area contributed by atoms with Crippen LogP contribution in [-0.4, -0.2) is 54.8 Å². The first-order valence-corrected chi connectivity index (χ1v) is 50.3. The van der Waals surface area contributed by atoms with Crippen molar-refractivity contribution < 1.29 is 0 Å². The fraction of sp³-hybridized carbons (Fsp3) is 0. The van der Waals surface area contributed by atoms with Crippen LogP contribution in [0, 0.1) is 0 Å². The quantitative estimate of drug-likeness (QED) is 0.0810. The molecule has 0 aliphatic heterocycles. The van der Waals surface area contributed by atoms with E-state index in [0.717, 1.165) is 155 Å². The summed E-state index contributed by atoms with van der Waals surface area (Å²) in [6.45, 7) is 0. The molecular weight excluding hydrogens is 1820 g/mol. The molecule has 0 aliphatic rings. The number of pyridine rings is 3. The topological polar surface area (TPSA) is 142 Å². The Labute approximate surface area is 868 Å². The molecule has 0 N–H and O–H groups in total. The molecule has 6 heterocycles. The summed E-state index contributed by atoms with van der Waals surface area (Å²) in [6.07, 6.45) is 5.68. The minimum atomic E-state index is 0.643. The molecule has 27 aromatic rings. The van der Waals surface area contributed by atoms with Gasteiger partial charge in [0.05, 0.1) is 27.9 Å². The van der Waals surface area contributed by atoms with E-state index in [9.17, 15) is 0 Å². The van der Waals surface area contributed by atoms with Gasteiger partial charge < -0.3 is 0 Å². The van der Waals surface area contributed by atoms with E-state index in [-0.39, 0.29) is 0 Å². The number of benzene rings is 21. The lowest BCUT2D eigenvalue weighted by Gasteiger charge is -2.13. The number of rotatable bonds is 18. The van der Waals surface area contributed by atoms with Gasteiger partial charge in [-0.05, 0) is 182 Å². The molecule has 0 saturated heterocycles. The fourth-order valence-corrected chi connectivity index (χ4v) is 20.0. The molecule has 0 spiro atoms. The van der Waals surface area contributed by atoms with Crippen molar-refractivity contribution in [2.75, 3.05) is 0 Å². The summed E-state index contributed by atoms with van der Waals surface area (Å²) in [7, 11) is 0. The third-order valence-electron chi connectivity index (χ3n) is 27.7. The number of nitrogens with zero attached hydrogens (tertiary/aromatic N) is 11. The Morgan fingerprint density at radius 2 is 0.353 bits per heavy atom. The zero-order chi connectivity index (χ0) is 99.8. The molecule has 0 atom stereocenters. The van der Waals surface area contributed by atoms with Crippen molar-refractivity contribution in [2.24, 2.45) is 0 Å². The molecule has 0 bridgehead atoms. The summed E-state index contributed by atoms with van der Waals surface area (Å²) in [6, 6.07) is 186. The Kier molecular flexibility index (Phi) is 25.0. The van der Waals surface area contributed by atoms with Gasteiger partial charge in [0.15, 0.2) is 40.8 Å². The van der Waals surface area contributed by atoms with Crippen LogP contribution in [-0.2, 0) is 0 Å². The van der Waals surface area contributed by atoms with Crippen LogP contribution in [0.4, 0.5) is 0 Å². The number of hydrogen-bond acceptors (Lipinski definition) is 11. The Morgan fingerprint density at radius 1 is 0.120 bits per heavy atom. The predicted octanol–water partition coefficient (Wildman–Crippen LogP) is 35.3. The van der Waals surface area contributed by atoms with E-state index in [2.05, 4.69) is 367 Å². The van der Waals surface area contributed by atoms with E-state index in [1.54, 1.807) is 0 Å². The minimum Gasteiger partial charge on any atom is -0.256 e. The first-order valence-electron chi connectivity index (χ1n) is 50.3. The molecule has 27 rings (SSSR count). The van der Waals surface area contributed by atoms with Crippen LogP contribution in [0.2, 0.25) is 0 Å². The van der Waals surface area contributed by atoms with E-state index in [4.69, 9.17) is 39.9 Å². The third kappa shape index (κ3) is 19.2. The van der Waals surface area contributed by atoms with Crippen molar-refractivity contribution in [2.45, 2.75) is 0 Å². The summed E-state index contributed by atoms with van der Waals surface area (Å²) in [5.74, 6) is 4.62. The highest BCUT2D eigenvalue weighted by Gasteiger charge is 2.22. The number of para-hydroxylation sites is 3. The summed E-state index contributed by atoms with van der Waals surface area (Å²) in [5.41, 5.74) is 34.5. The third-order valence-corrected chi connectivity index (χ3v) is 27.7. The normalized spacial score (nSPS) is 11.2. The van der Waals surface area contributed by atoms with Gasteiger partial charge in [-0.15, -0.1) is 0 Å². The Morgan fingerprint density at radius 3 is 0.693 bits per heavy atom. The second-order valence-corrected chi connectivity index (χ2v) is 37.1. The summed E-state index contributed by atoms with van der Waals surface area (Å²) in [5, 5.41) is 10.7. The van der Waals surface area contributed by atoms with E-state index in [1.807, 2.05) is 201 Å². The van der Waals surface area contributed by atoms with Gasteiger partial charge in [0.25, 0.3) is 0 Å². The average molecular weight is 1920 g/mol. The zero-order valence-corrected chi connectivity index (χ0v) is 81.5. The van der Waals surface area contributed by atoms with Crippen molar-refractivity contribution in [3.63, 3.8) is 0 Å². The standard InChI is InChI=1S/C47H31N3.2C46H30N4/c1-3-11-35(12-4-1)44-31-45(50-47(49-44)38-13-5-2-6-14-38)36-26-20-32(21-27-36)40-29-39-15-7-8-18-41(39)43(30-40)34-24-22-33(23-25-34)42-19-9-16-37-17-10-28-48-46(37)42;1-3-11-34(12-4-1)44-48-45(35-13-5-2-6-14-35)50-46(49-44)36-25-21-31(22-26-36)39-27-37-15-7-9-17-41(37)42(29-39)33-23-19-32(20-24-33)40-28-38-16-8-10-18-43(38)47-30-40;1-3-11-35(12-4-1)44-48-45(36-13-5-2-6-14-36)50-46(49-44)37-26-20-31(21-27-37)39-29-38-15-7-8-18-40(38)42(30-39)33-24-22-32(23-25-33)41-19-9-16-34-17-10-28-47-43(34)41/h1-31H;2*1-30H. The second kappa shape index (κ2) is 41.2. The van der Waals surface area contributed by atoms with Crippen LogP contribution in [0.15, 0.2) is 552 Å². The van der Waals surface area contributed by atoms with Crippen molar-refractivity contribution in [1.29, 1.82) is 0 Å². The summed E-state index contributed by atoms with van der Waals surface area (Å²) in [4.78, 5) is 53.4. The summed E-state index contributed by atoms with van der Waals surface area (Å²) >= 11 is 0. The zero-order valence-electron chi connectivity index (χ0n) is 81.5. The van der Waals surface area contributed by atoms with Crippen LogP contribution >= 0.6 is 0 Å². The van der Waals surface area contributed by atoms with Gasteiger partial charge in [-0.2, -0.15) is 0 Å². The van der Waals surface area contributed by atoms with E-state index >= 15 is 0 Å². The lowest BCUT2D eigenvalue weighted by atomic mass is 9.91. The van der Waals surface area contributed by atoms with Gasteiger partial charge in [-0.3, -0.25) is 15.0 Å². The molecule has 0 saturated carbocycles. The molecule has 0 fully saturated rings. The highest BCUT2D eigenvalue weighted by Crippen LogP contribution is 2.44. The molecule has 0 amide bonds. The van der Waals surface area contributed by atoms with Gasteiger partial charge in [0, 0.05) is 102 Å². The predicted molar refractivity (Wildman–Crippen MR) is 618 cm³/mol. The lowest BCUT2D eigenvalue weighted by molar-refractivity contribution is 1.07. The Bertz CT molecular complexity index is 9050. The molecule has 11 heteroatoms. The first kappa shape index (κ1) is 91.0. The van der Waals surface area contributed by atoms with E-state index in [0.29, 0.717) is 40.8 Å².